The van der Waals surface area contributed by atoms with Crippen molar-refractivity contribution in [2.45, 2.75) is 45.2 Å². The van der Waals surface area contributed by atoms with Crippen LogP contribution in [-0.2, 0) is 13.0 Å². The topological polar surface area (TPSA) is 50.1 Å². The molecule has 110 valence electrons. The number of benzene rings is 1. The summed E-state index contributed by atoms with van der Waals surface area (Å²) in [5.74, 6) is 1.14. The molecule has 1 heterocycles. The van der Waals surface area contributed by atoms with E-state index in [1.807, 2.05) is 20.0 Å². The predicted molar refractivity (Wildman–Crippen MR) is 82.9 cm³/mol. The predicted octanol–water partition coefficient (Wildman–Crippen LogP) is 2.35. The van der Waals surface area contributed by atoms with E-state index in [9.17, 15) is 5.11 Å². The molecular formula is C16H25N3O. The average Bonchev–Trinajstić information content (AvgIpc) is 2.83. The highest BCUT2D eigenvalue weighted by Gasteiger charge is 2.21. The number of hydrogen-bond acceptors (Lipinski definition) is 3. The number of aromatic nitrogens is 2. The van der Waals surface area contributed by atoms with Crippen molar-refractivity contribution in [2.24, 2.45) is 0 Å². The molecule has 0 saturated carbocycles. The van der Waals surface area contributed by atoms with Crippen LogP contribution in [0.5, 0.6) is 0 Å². The first-order chi connectivity index (χ1) is 9.63. The monoisotopic (exact) mass is 275 g/mol. The summed E-state index contributed by atoms with van der Waals surface area (Å²) >= 11 is 0. The van der Waals surface area contributed by atoms with Gasteiger partial charge in [-0.25, -0.2) is 4.98 Å². The highest BCUT2D eigenvalue weighted by Crippen LogP contribution is 2.19. The minimum atomic E-state index is -0.241. The number of para-hydroxylation sites is 2. The summed E-state index contributed by atoms with van der Waals surface area (Å²) in [5.41, 5.74) is 2.01. The molecule has 0 fully saturated rings. The summed E-state index contributed by atoms with van der Waals surface area (Å²) in [5, 5.41) is 12.7. The highest BCUT2D eigenvalue weighted by atomic mass is 16.3. The molecule has 20 heavy (non-hydrogen) atoms. The number of aryl methyl sites for hydroxylation is 2. The van der Waals surface area contributed by atoms with E-state index in [1.54, 1.807) is 0 Å². The van der Waals surface area contributed by atoms with Crippen LogP contribution in [0.2, 0.25) is 0 Å². The van der Waals surface area contributed by atoms with E-state index in [-0.39, 0.29) is 12.1 Å². The molecule has 0 aliphatic heterocycles. The summed E-state index contributed by atoms with van der Waals surface area (Å²) in [4.78, 5) is 4.73. The van der Waals surface area contributed by atoms with Crippen LogP contribution in [0, 0.1) is 0 Å². The number of fused-ring (bicyclic) bond motifs is 1. The van der Waals surface area contributed by atoms with Crippen molar-refractivity contribution in [3.05, 3.63) is 30.1 Å². The second kappa shape index (κ2) is 6.37. The molecule has 0 aliphatic carbocycles. The van der Waals surface area contributed by atoms with Gasteiger partial charge in [0.2, 0.25) is 0 Å². The lowest BCUT2D eigenvalue weighted by atomic mass is 9.99. The van der Waals surface area contributed by atoms with Gasteiger partial charge in [-0.1, -0.05) is 19.1 Å². The van der Waals surface area contributed by atoms with Crippen molar-refractivity contribution in [3.63, 3.8) is 0 Å². The third-order valence-corrected chi connectivity index (χ3v) is 4.05. The number of aliphatic hydroxyl groups is 1. The van der Waals surface area contributed by atoms with Crippen LogP contribution < -0.4 is 5.32 Å². The molecule has 0 spiro atoms. The van der Waals surface area contributed by atoms with Gasteiger partial charge in [0.1, 0.15) is 5.82 Å². The zero-order chi connectivity index (χ0) is 14.6. The van der Waals surface area contributed by atoms with E-state index in [2.05, 4.69) is 35.0 Å². The van der Waals surface area contributed by atoms with Gasteiger partial charge < -0.3 is 15.0 Å². The smallest absolute Gasteiger partial charge is 0.109 e. The van der Waals surface area contributed by atoms with Crippen LogP contribution >= 0.6 is 0 Å². The summed E-state index contributed by atoms with van der Waals surface area (Å²) in [6, 6.07) is 8.27. The third kappa shape index (κ3) is 3.02. The van der Waals surface area contributed by atoms with Crippen molar-refractivity contribution < 1.29 is 5.11 Å². The molecule has 4 heteroatoms. The quantitative estimate of drug-likeness (QED) is 0.815. The Morgan fingerprint density at radius 1 is 1.35 bits per heavy atom. The van der Waals surface area contributed by atoms with Gasteiger partial charge in [-0.3, -0.25) is 0 Å². The maximum atomic E-state index is 9.51. The summed E-state index contributed by atoms with van der Waals surface area (Å²) in [6.07, 6.45) is 2.95. The highest BCUT2D eigenvalue weighted by molar-refractivity contribution is 5.75. The molecule has 1 atom stereocenters. The zero-order valence-electron chi connectivity index (χ0n) is 12.7. The van der Waals surface area contributed by atoms with E-state index in [4.69, 9.17) is 4.98 Å². The Balaban J connectivity index is 2.29. The molecule has 0 bridgehead atoms. The fourth-order valence-electron chi connectivity index (χ4n) is 2.43. The van der Waals surface area contributed by atoms with Gasteiger partial charge in [-0.05, 0) is 38.9 Å². The lowest BCUT2D eigenvalue weighted by molar-refractivity contribution is 0.169. The maximum Gasteiger partial charge on any atom is 0.109 e. The number of nitrogens with zero attached hydrogens (tertiary/aromatic N) is 2. The Morgan fingerprint density at radius 3 is 2.75 bits per heavy atom. The van der Waals surface area contributed by atoms with E-state index in [1.165, 1.54) is 5.52 Å². The molecule has 4 nitrogen and oxygen atoms in total. The lowest BCUT2D eigenvalue weighted by Crippen LogP contribution is -2.44. The van der Waals surface area contributed by atoms with E-state index < -0.39 is 0 Å². The van der Waals surface area contributed by atoms with Crippen LogP contribution in [0.4, 0.5) is 0 Å². The van der Waals surface area contributed by atoms with Gasteiger partial charge >= 0.3 is 0 Å². The maximum absolute atomic E-state index is 9.51. The zero-order valence-corrected chi connectivity index (χ0v) is 12.7. The number of hydrogen-bond donors (Lipinski definition) is 2. The Hall–Kier alpha value is -1.39. The molecular weight excluding hydrogens is 250 g/mol. The van der Waals surface area contributed by atoms with Crippen molar-refractivity contribution in [1.29, 1.82) is 0 Å². The largest absolute Gasteiger partial charge is 0.394 e. The molecule has 2 aromatic rings. The van der Waals surface area contributed by atoms with Gasteiger partial charge in [0.15, 0.2) is 0 Å². The Morgan fingerprint density at radius 2 is 2.10 bits per heavy atom. The molecule has 0 aliphatic rings. The van der Waals surface area contributed by atoms with Gasteiger partial charge in [-0.15, -0.1) is 0 Å². The second-order valence-electron chi connectivity index (χ2n) is 5.64. The van der Waals surface area contributed by atoms with Gasteiger partial charge in [0.05, 0.1) is 17.6 Å². The third-order valence-electron chi connectivity index (χ3n) is 4.05. The minimum absolute atomic E-state index is 0.138. The fourth-order valence-corrected chi connectivity index (χ4v) is 2.43. The van der Waals surface area contributed by atoms with Gasteiger partial charge in [0, 0.05) is 18.5 Å². The molecule has 1 aromatic carbocycles. The van der Waals surface area contributed by atoms with Gasteiger partial charge in [-0.2, -0.15) is 0 Å². The van der Waals surface area contributed by atoms with Crippen molar-refractivity contribution in [1.82, 2.24) is 14.9 Å². The average molecular weight is 275 g/mol. The standard InChI is InChI=1S/C16H25N3O/c1-4-7-15-18-13-8-5-6-9-14(13)19(15)11-10-16(2,12-20)17-3/h5-6,8-9,17,20H,4,7,10-12H2,1-3H3. The van der Waals surface area contributed by atoms with Crippen LogP contribution in [0.25, 0.3) is 11.0 Å². The number of imidazole rings is 1. The number of aliphatic hydroxyl groups excluding tert-OH is 1. The Bertz CT molecular complexity index is 558. The minimum Gasteiger partial charge on any atom is -0.394 e. The normalized spacial score (nSPS) is 14.6. The lowest BCUT2D eigenvalue weighted by Gasteiger charge is -2.27. The fraction of sp³-hybridized carbons (Fsp3) is 0.562. The molecule has 2 N–H and O–H groups in total. The molecule has 0 amide bonds. The summed E-state index contributed by atoms with van der Waals surface area (Å²) in [6.45, 7) is 5.23. The number of likely N-dealkylation sites (N-methyl/N-ethyl adjacent to an activating group) is 1. The van der Waals surface area contributed by atoms with Crippen LogP contribution in [0.1, 0.15) is 32.5 Å². The van der Waals surface area contributed by atoms with Crippen LogP contribution in [0.15, 0.2) is 24.3 Å². The Labute approximate surface area is 120 Å². The van der Waals surface area contributed by atoms with E-state index in [0.29, 0.717) is 0 Å². The summed E-state index contributed by atoms with van der Waals surface area (Å²) < 4.78 is 2.30. The van der Waals surface area contributed by atoms with E-state index >= 15 is 0 Å². The van der Waals surface area contributed by atoms with Crippen LogP contribution in [0.3, 0.4) is 0 Å². The second-order valence-corrected chi connectivity index (χ2v) is 5.64. The molecule has 0 radical (unpaired) electrons. The van der Waals surface area contributed by atoms with Crippen molar-refractivity contribution >= 4 is 11.0 Å². The summed E-state index contributed by atoms with van der Waals surface area (Å²) in [7, 11) is 1.90. The first-order valence-corrected chi connectivity index (χ1v) is 7.37. The van der Waals surface area contributed by atoms with Gasteiger partial charge in [0.25, 0.3) is 0 Å². The van der Waals surface area contributed by atoms with Crippen LogP contribution in [-0.4, -0.2) is 33.9 Å². The Kier molecular flexibility index (Phi) is 4.78. The molecule has 1 unspecified atom stereocenters. The first kappa shape index (κ1) is 15.0. The van der Waals surface area contributed by atoms with Crippen molar-refractivity contribution in [3.8, 4) is 0 Å². The SMILES string of the molecule is CCCc1nc2ccccc2n1CCC(C)(CO)NC. The molecule has 1 aromatic heterocycles. The van der Waals surface area contributed by atoms with Crippen molar-refractivity contribution in [2.75, 3.05) is 13.7 Å². The van der Waals surface area contributed by atoms with E-state index in [0.717, 1.165) is 37.1 Å². The first-order valence-electron chi connectivity index (χ1n) is 7.37. The number of rotatable bonds is 7. The molecule has 0 saturated heterocycles. The number of nitrogens with one attached hydrogen (secondary N) is 1. The molecule has 2 rings (SSSR count).